The van der Waals surface area contributed by atoms with Crippen molar-refractivity contribution in [3.05, 3.63) is 88.2 Å². The van der Waals surface area contributed by atoms with Gasteiger partial charge in [0.05, 0.1) is 28.8 Å². The summed E-state index contributed by atoms with van der Waals surface area (Å²) in [4.78, 5) is 31.8. The number of aromatic nitrogens is 2. The van der Waals surface area contributed by atoms with Crippen LogP contribution < -0.4 is 15.2 Å². The molecule has 208 valence electrons. The van der Waals surface area contributed by atoms with Crippen LogP contribution in [0, 0.1) is 0 Å². The molecule has 11 heteroatoms. The molecule has 0 aliphatic carbocycles. The molecule has 0 bridgehead atoms. The summed E-state index contributed by atoms with van der Waals surface area (Å²) in [6, 6.07) is 16.2. The third-order valence-electron chi connectivity index (χ3n) is 5.74. The van der Waals surface area contributed by atoms with Crippen LogP contribution in [0.15, 0.2) is 76.6 Å². The van der Waals surface area contributed by atoms with Gasteiger partial charge < -0.3 is 14.4 Å². The summed E-state index contributed by atoms with van der Waals surface area (Å²) in [6.07, 6.45) is -3.57. The van der Waals surface area contributed by atoms with Crippen LogP contribution in [0.3, 0.4) is 0 Å². The Morgan fingerprint density at radius 3 is 2.52 bits per heavy atom. The fraction of sp³-hybridized carbons (Fsp3) is 0.241. The van der Waals surface area contributed by atoms with Crippen molar-refractivity contribution >= 4 is 28.8 Å². The third kappa shape index (κ3) is 6.48. The lowest BCUT2D eigenvalue weighted by molar-refractivity contribution is -0.149. The van der Waals surface area contributed by atoms with E-state index in [-0.39, 0.29) is 35.2 Å². The molecule has 4 aromatic rings. The summed E-state index contributed by atoms with van der Waals surface area (Å²) < 4.78 is 52.2. The lowest BCUT2D eigenvalue weighted by Crippen LogP contribution is -2.21. The van der Waals surface area contributed by atoms with E-state index in [9.17, 15) is 22.8 Å². The molecular formula is C29H27F3N4O4. The van der Waals surface area contributed by atoms with Crippen molar-refractivity contribution in [1.82, 2.24) is 9.66 Å². The van der Waals surface area contributed by atoms with Crippen LogP contribution in [-0.4, -0.2) is 48.7 Å². The van der Waals surface area contributed by atoms with Crippen molar-refractivity contribution in [3.8, 4) is 17.1 Å². The molecular weight excluding hydrogens is 525 g/mol. The van der Waals surface area contributed by atoms with Gasteiger partial charge in [0.25, 0.3) is 5.56 Å². The number of fused-ring (bicyclic) bond motifs is 1. The van der Waals surface area contributed by atoms with Gasteiger partial charge in [-0.1, -0.05) is 24.3 Å². The Hall–Kier alpha value is -4.67. The number of alkyl halides is 3. The number of nitrogens with zero attached hydrogens (tertiary/aromatic N) is 4. The molecule has 0 radical (unpaired) electrons. The van der Waals surface area contributed by atoms with Gasteiger partial charge in [-0.05, 0) is 50.2 Å². The first-order chi connectivity index (χ1) is 18.9. The molecule has 0 N–H and O–H groups in total. The third-order valence-corrected chi connectivity index (χ3v) is 5.74. The number of carbonyl (C=O) groups excluding carboxylic acids is 1. The van der Waals surface area contributed by atoms with E-state index in [0.29, 0.717) is 11.1 Å². The van der Waals surface area contributed by atoms with E-state index in [1.54, 1.807) is 56.3 Å². The van der Waals surface area contributed by atoms with E-state index in [1.165, 1.54) is 18.3 Å². The Labute approximate surface area is 228 Å². The Balaban J connectivity index is 1.82. The zero-order valence-corrected chi connectivity index (χ0v) is 22.3. The quantitative estimate of drug-likeness (QED) is 0.216. The average Bonchev–Trinajstić information content (AvgIpc) is 2.90. The number of rotatable bonds is 8. The Kier molecular flexibility index (Phi) is 8.22. The minimum absolute atomic E-state index is 0.0608. The van der Waals surface area contributed by atoms with Crippen LogP contribution in [0.25, 0.3) is 22.3 Å². The van der Waals surface area contributed by atoms with Gasteiger partial charge in [-0.2, -0.15) is 22.9 Å². The maximum atomic E-state index is 13.5. The van der Waals surface area contributed by atoms with Crippen LogP contribution in [0.4, 0.5) is 18.9 Å². The lowest BCUT2D eigenvalue weighted by atomic mass is 10.1. The molecule has 0 unspecified atom stereocenters. The smallest absolute Gasteiger partial charge is 0.416 e. The molecule has 3 aromatic carbocycles. The van der Waals surface area contributed by atoms with Gasteiger partial charge in [-0.3, -0.25) is 4.79 Å². The predicted octanol–water partition coefficient (Wildman–Crippen LogP) is 5.36. The molecule has 0 spiro atoms. The summed E-state index contributed by atoms with van der Waals surface area (Å²) in [6.45, 7) is 3.09. The molecule has 0 aliphatic heterocycles. The van der Waals surface area contributed by atoms with Gasteiger partial charge in [0.2, 0.25) is 0 Å². The van der Waals surface area contributed by atoms with Crippen molar-refractivity contribution < 1.29 is 27.4 Å². The molecule has 40 heavy (non-hydrogen) atoms. The maximum absolute atomic E-state index is 13.5. The van der Waals surface area contributed by atoms with Gasteiger partial charge >= 0.3 is 12.1 Å². The number of hydrogen-bond acceptors (Lipinski definition) is 7. The SMILES string of the molecule is CC(C)OC(=O)COc1cc(N(C)C)ccc1C=Nn1c(-c2cccc(C(F)(F)F)c2)nc2ccccc2c1=O. The standard InChI is InChI=1S/C29H27F3N4O4/c1-18(2)40-26(37)17-39-25-15-22(35(3)4)13-12-20(25)16-33-36-27(19-8-7-9-21(14-19)29(30,31)32)34-24-11-6-5-10-23(24)28(36)38/h5-16,18H,17H2,1-4H3. The van der Waals surface area contributed by atoms with Crippen molar-refractivity contribution in [2.24, 2.45) is 5.10 Å². The summed E-state index contributed by atoms with van der Waals surface area (Å²) >= 11 is 0. The van der Waals surface area contributed by atoms with E-state index in [0.717, 1.165) is 22.5 Å². The number of ether oxygens (including phenoxy) is 2. The first-order valence-corrected chi connectivity index (χ1v) is 12.3. The first kappa shape index (κ1) is 28.3. The van der Waals surface area contributed by atoms with Crippen LogP contribution >= 0.6 is 0 Å². The van der Waals surface area contributed by atoms with Crippen LogP contribution in [0.1, 0.15) is 25.0 Å². The molecule has 0 fully saturated rings. The fourth-order valence-electron chi connectivity index (χ4n) is 3.84. The maximum Gasteiger partial charge on any atom is 0.416 e. The van der Waals surface area contributed by atoms with Crippen molar-refractivity contribution in [1.29, 1.82) is 0 Å². The van der Waals surface area contributed by atoms with E-state index in [1.807, 2.05) is 19.0 Å². The largest absolute Gasteiger partial charge is 0.481 e. The lowest BCUT2D eigenvalue weighted by Gasteiger charge is -2.16. The van der Waals surface area contributed by atoms with Crippen LogP contribution in [0.5, 0.6) is 5.75 Å². The van der Waals surface area contributed by atoms with Crippen LogP contribution in [0.2, 0.25) is 0 Å². The number of benzene rings is 3. The Morgan fingerprint density at radius 1 is 1.07 bits per heavy atom. The van der Waals surface area contributed by atoms with Crippen LogP contribution in [-0.2, 0) is 15.7 Å². The highest BCUT2D eigenvalue weighted by atomic mass is 19.4. The highest BCUT2D eigenvalue weighted by Gasteiger charge is 2.31. The molecule has 1 heterocycles. The number of anilines is 1. The Bertz CT molecular complexity index is 1630. The zero-order chi connectivity index (χ0) is 29.0. The second kappa shape index (κ2) is 11.6. The predicted molar refractivity (Wildman–Crippen MR) is 147 cm³/mol. The van der Waals surface area contributed by atoms with E-state index in [2.05, 4.69) is 10.1 Å². The highest BCUT2D eigenvalue weighted by molar-refractivity contribution is 5.86. The van der Waals surface area contributed by atoms with Gasteiger partial charge in [0.15, 0.2) is 12.4 Å². The normalized spacial score (nSPS) is 11.8. The first-order valence-electron chi connectivity index (χ1n) is 12.3. The van der Waals surface area contributed by atoms with E-state index < -0.39 is 23.3 Å². The van der Waals surface area contributed by atoms with E-state index >= 15 is 0 Å². The number of para-hydroxylation sites is 1. The van der Waals surface area contributed by atoms with E-state index in [4.69, 9.17) is 9.47 Å². The number of hydrogen-bond donors (Lipinski definition) is 0. The summed E-state index contributed by atoms with van der Waals surface area (Å²) in [5.74, 6) is -0.341. The highest BCUT2D eigenvalue weighted by Crippen LogP contribution is 2.32. The van der Waals surface area contributed by atoms with Crippen molar-refractivity contribution in [2.45, 2.75) is 26.1 Å². The average molecular weight is 553 g/mol. The minimum Gasteiger partial charge on any atom is -0.481 e. The zero-order valence-electron chi connectivity index (χ0n) is 22.3. The molecule has 0 aliphatic rings. The van der Waals surface area contributed by atoms with Gasteiger partial charge in [0, 0.05) is 37.0 Å². The van der Waals surface area contributed by atoms with Gasteiger partial charge in [-0.15, -0.1) is 0 Å². The topological polar surface area (TPSA) is 86.0 Å². The molecule has 1 aromatic heterocycles. The molecule has 8 nitrogen and oxygen atoms in total. The summed E-state index contributed by atoms with van der Waals surface area (Å²) in [5.41, 5.74) is 0.116. The minimum atomic E-state index is -4.58. The monoisotopic (exact) mass is 552 g/mol. The molecule has 0 saturated heterocycles. The second-order valence-electron chi connectivity index (χ2n) is 9.34. The molecule has 0 amide bonds. The molecule has 0 atom stereocenters. The second-order valence-corrected chi connectivity index (χ2v) is 9.34. The molecule has 0 saturated carbocycles. The summed E-state index contributed by atoms with van der Waals surface area (Å²) in [5, 5.41) is 4.57. The van der Waals surface area contributed by atoms with Gasteiger partial charge in [0.1, 0.15) is 5.75 Å². The van der Waals surface area contributed by atoms with Crippen molar-refractivity contribution in [2.75, 3.05) is 25.6 Å². The fourth-order valence-corrected chi connectivity index (χ4v) is 3.84. The Morgan fingerprint density at radius 2 is 1.82 bits per heavy atom. The number of esters is 1. The van der Waals surface area contributed by atoms with Crippen molar-refractivity contribution in [3.63, 3.8) is 0 Å². The van der Waals surface area contributed by atoms with Gasteiger partial charge in [-0.25, -0.2) is 9.78 Å². The molecule has 4 rings (SSSR count). The summed E-state index contributed by atoms with van der Waals surface area (Å²) in [7, 11) is 3.67. The number of carbonyl (C=O) groups is 1. The number of halogens is 3.